The van der Waals surface area contributed by atoms with E-state index in [1.807, 2.05) is 37.1 Å². The van der Waals surface area contributed by atoms with E-state index in [1.54, 1.807) is 0 Å². The van der Waals surface area contributed by atoms with Gasteiger partial charge in [0.15, 0.2) is 0 Å². The van der Waals surface area contributed by atoms with Gasteiger partial charge >= 0.3 is 0 Å². The fourth-order valence-electron chi connectivity index (χ4n) is 3.13. The molecule has 1 N–H and O–H groups in total. The van der Waals surface area contributed by atoms with Gasteiger partial charge in [0.2, 0.25) is 5.91 Å². The highest BCUT2D eigenvalue weighted by molar-refractivity contribution is 5.83. The summed E-state index contributed by atoms with van der Waals surface area (Å²) in [5, 5.41) is 3.34. The van der Waals surface area contributed by atoms with Gasteiger partial charge in [-0.25, -0.2) is 0 Å². The highest BCUT2D eigenvalue weighted by Crippen LogP contribution is 2.33. The monoisotopic (exact) mass is 275 g/mol. The zero-order chi connectivity index (χ0) is 14.6. The molecule has 0 spiro atoms. The fraction of sp³-hybridized carbons (Fsp3) is 0.625. The molecule has 1 amide bonds. The highest BCUT2D eigenvalue weighted by atomic mass is 16.2. The minimum atomic E-state index is -0.201. The average molecular weight is 275 g/mol. The quantitative estimate of drug-likeness (QED) is 0.895. The molecule has 4 heteroatoms. The topological polar surface area (TPSA) is 45.2 Å². The Morgan fingerprint density at radius 3 is 2.90 bits per heavy atom. The van der Waals surface area contributed by atoms with E-state index in [4.69, 9.17) is 0 Å². The number of hydrogen-bond acceptors (Lipinski definition) is 3. The van der Waals surface area contributed by atoms with Crippen LogP contribution in [0.3, 0.4) is 0 Å². The van der Waals surface area contributed by atoms with Gasteiger partial charge in [-0.2, -0.15) is 0 Å². The molecule has 0 saturated carbocycles. The molecule has 1 fully saturated rings. The minimum absolute atomic E-state index is 0.201. The molecule has 0 aliphatic carbocycles. The molecule has 2 heterocycles. The summed E-state index contributed by atoms with van der Waals surface area (Å²) in [4.78, 5) is 19.1. The highest BCUT2D eigenvalue weighted by Gasteiger charge is 2.41. The standard InChI is InChI=1S/C16H25N3O/c1-4-8-16(9-10-17-12-16)15(20)19(3)11-14-7-5-6-13(2)18-14/h5-7,17H,4,8-12H2,1-3H3. The van der Waals surface area contributed by atoms with Crippen molar-refractivity contribution in [3.05, 3.63) is 29.6 Å². The van der Waals surface area contributed by atoms with Gasteiger partial charge in [-0.15, -0.1) is 0 Å². The molecule has 1 aromatic rings. The molecule has 110 valence electrons. The normalized spacial score (nSPS) is 21.9. The molecule has 20 heavy (non-hydrogen) atoms. The lowest BCUT2D eigenvalue weighted by molar-refractivity contribution is -0.140. The van der Waals surface area contributed by atoms with Crippen LogP contribution in [0.5, 0.6) is 0 Å². The molecule has 0 radical (unpaired) electrons. The Labute approximate surface area is 121 Å². The third-order valence-electron chi connectivity index (χ3n) is 4.12. The van der Waals surface area contributed by atoms with Gasteiger partial charge < -0.3 is 10.2 Å². The number of carbonyl (C=O) groups is 1. The van der Waals surface area contributed by atoms with E-state index in [2.05, 4.69) is 17.2 Å². The van der Waals surface area contributed by atoms with Gasteiger partial charge in [0.25, 0.3) is 0 Å². The zero-order valence-electron chi connectivity index (χ0n) is 12.8. The number of rotatable bonds is 5. The summed E-state index contributed by atoms with van der Waals surface area (Å²) >= 11 is 0. The Kier molecular flexibility index (Phi) is 4.76. The molecular formula is C16H25N3O. The molecule has 1 saturated heterocycles. The van der Waals surface area contributed by atoms with E-state index < -0.39 is 0 Å². The third kappa shape index (κ3) is 3.18. The number of nitrogens with one attached hydrogen (secondary N) is 1. The Hall–Kier alpha value is -1.42. The van der Waals surface area contributed by atoms with Crippen LogP contribution in [-0.4, -0.2) is 35.9 Å². The maximum atomic E-state index is 12.8. The summed E-state index contributed by atoms with van der Waals surface area (Å²) in [5.74, 6) is 0.257. The maximum Gasteiger partial charge on any atom is 0.230 e. The predicted octanol–water partition coefficient (Wildman–Crippen LogP) is 2.13. The molecule has 2 rings (SSSR count). The smallest absolute Gasteiger partial charge is 0.230 e. The van der Waals surface area contributed by atoms with Crippen LogP contribution in [0.1, 0.15) is 37.6 Å². The van der Waals surface area contributed by atoms with Crippen molar-refractivity contribution in [2.45, 2.75) is 39.7 Å². The fourth-order valence-corrected chi connectivity index (χ4v) is 3.13. The summed E-state index contributed by atoms with van der Waals surface area (Å²) in [7, 11) is 1.89. The Morgan fingerprint density at radius 1 is 1.50 bits per heavy atom. The van der Waals surface area contributed by atoms with Crippen LogP contribution < -0.4 is 5.32 Å². The van der Waals surface area contributed by atoms with Crippen molar-refractivity contribution in [2.24, 2.45) is 5.41 Å². The number of hydrogen-bond donors (Lipinski definition) is 1. The summed E-state index contributed by atoms with van der Waals surface area (Å²) < 4.78 is 0. The van der Waals surface area contributed by atoms with E-state index in [1.165, 1.54) is 0 Å². The molecule has 1 aliphatic heterocycles. The third-order valence-corrected chi connectivity index (χ3v) is 4.12. The molecule has 1 aromatic heterocycles. The van der Waals surface area contributed by atoms with Crippen molar-refractivity contribution in [3.63, 3.8) is 0 Å². The first-order chi connectivity index (χ1) is 9.57. The van der Waals surface area contributed by atoms with Crippen LogP contribution in [0.2, 0.25) is 0 Å². The van der Waals surface area contributed by atoms with Gasteiger partial charge in [-0.05, 0) is 38.4 Å². The summed E-state index contributed by atoms with van der Waals surface area (Å²) in [5.41, 5.74) is 1.75. The number of nitrogens with zero attached hydrogens (tertiary/aromatic N) is 2. The average Bonchev–Trinajstić information content (AvgIpc) is 2.88. The van der Waals surface area contributed by atoms with Crippen LogP contribution in [0.25, 0.3) is 0 Å². The minimum Gasteiger partial charge on any atom is -0.339 e. The van der Waals surface area contributed by atoms with Crippen LogP contribution in [-0.2, 0) is 11.3 Å². The van der Waals surface area contributed by atoms with E-state index >= 15 is 0 Å². The summed E-state index contributed by atoms with van der Waals surface area (Å²) in [6.45, 7) is 6.47. The first-order valence-electron chi connectivity index (χ1n) is 7.46. The van der Waals surface area contributed by atoms with Crippen molar-refractivity contribution in [2.75, 3.05) is 20.1 Å². The van der Waals surface area contributed by atoms with Crippen molar-refractivity contribution in [3.8, 4) is 0 Å². The van der Waals surface area contributed by atoms with E-state index in [9.17, 15) is 4.79 Å². The Morgan fingerprint density at radius 2 is 2.30 bits per heavy atom. The maximum absolute atomic E-state index is 12.8. The SMILES string of the molecule is CCCC1(C(=O)N(C)Cc2cccc(C)n2)CCNC1. The zero-order valence-corrected chi connectivity index (χ0v) is 12.8. The van der Waals surface area contributed by atoms with Crippen molar-refractivity contribution in [1.82, 2.24) is 15.2 Å². The number of aryl methyl sites for hydroxylation is 1. The lowest BCUT2D eigenvalue weighted by Gasteiger charge is -2.31. The molecule has 1 aliphatic rings. The first-order valence-corrected chi connectivity index (χ1v) is 7.46. The molecule has 0 bridgehead atoms. The second-order valence-electron chi connectivity index (χ2n) is 5.89. The molecule has 0 aromatic carbocycles. The van der Waals surface area contributed by atoms with Crippen molar-refractivity contribution < 1.29 is 4.79 Å². The van der Waals surface area contributed by atoms with E-state index in [-0.39, 0.29) is 11.3 Å². The second-order valence-corrected chi connectivity index (χ2v) is 5.89. The van der Waals surface area contributed by atoms with Gasteiger partial charge in [0.05, 0.1) is 17.7 Å². The summed E-state index contributed by atoms with van der Waals surface area (Å²) in [6, 6.07) is 5.95. The molecular weight excluding hydrogens is 250 g/mol. The largest absolute Gasteiger partial charge is 0.339 e. The van der Waals surface area contributed by atoms with Crippen LogP contribution >= 0.6 is 0 Å². The number of pyridine rings is 1. The van der Waals surface area contributed by atoms with Crippen molar-refractivity contribution in [1.29, 1.82) is 0 Å². The first kappa shape index (κ1) is 15.0. The van der Waals surface area contributed by atoms with Crippen LogP contribution in [0.4, 0.5) is 0 Å². The van der Waals surface area contributed by atoms with Crippen LogP contribution in [0.15, 0.2) is 18.2 Å². The number of amides is 1. The Bertz CT molecular complexity index is 467. The van der Waals surface area contributed by atoms with Gasteiger partial charge in [0.1, 0.15) is 0 Å². The predicted molar refractivity (Wildman–Crippen MR) is 80.3 cm³/mol. The molecule has 1 atom stereocenters. The lowest BCUT2D eigenvalue weighted by atomic mass is 9.81. The van der Waals surface area contributed by atoms with E-state index in [0.717, 1.165) is 43.7 Å². The van der Waals surface area contributed by atoms with Crippen LogP contribution in [0, 0.1) is 12.3 Å². The van der Waals surface area contributed by atoms with Gasteiger partial charge in [-0.3, -0.25) is 9.78 Å². The number of aromatic nitrogens is 1. The molecule has 4 nitrogen and oxygen atoms in total. The molecule has 1 unspecified atom stereocenters. The summed E-state index contributed by atoms with van der Waals surface area (Å²) in [6.07, 6.45) is 2.96. The van der Waals surface area contributed by atoms with Gasteiger partial charge in [0, 0.05) is 19.3 Å². The second kappa shape index (κ2) is 6.35. The van der Waals surface area contributed by atoms with Gasteiger partial charge in [-0.1, -0.05) is 19.4 Å². The van der Waals surface area contributed by atoms with E-state index in [0.29, 0.717) is 6.54 Å². The lowest BCUT2D eigenvalue weighted by Crippen LogP contribution is -2.43. The van der Waals surface area contributed by atoms with Crippen molar-refractivity contribution >= 4 is 5.91 Å². The Balaban J connectivity index is 2.07. The number of carbonyl (C=O) groups excluding carboxylic acids is 1.